The molecule has 0 aliphatic rings. The lowest BCUT2D eigenvalue weighted by molar-refractivity contribution is 0.237. The molecule has 2 N–H and O–H groups in total. The normalized spacial score (nSPS) is 12.1. The second-order valence-electron chi connectivity index (χ2n) is 4.09. The van der Waals surface area contributed by atoms with Crippen LogP contribution < -0.4 is 10.6 Å². The molecule has 0 fully saturated rings. The van der Waals surface area contributed by atoms with E-state index in [1.165, 1.54) is 0 Å². The summed E-state index contributed by atoms with van der Waals surface area (Å²) in [6.45, 7) is 2.52. The lowest BCUT2D eigenvalue weighted by Gasteiger charge is -2.13. The van der Waals surface area contributed by atoms with E-state index in [0.717, 1.165) is 10.6 Å². The van der Waals surface area contributed by atoms with Gasteiger partial charge in [0.15, 0.2) is 0 Å². The molecule has 0 aromatic carbocycles. The van der Waals surface area contributed by atoms with E-state index in [-0.39, 0.29) is 12.1 Å². The van der Waals surface area contributed by atoms with Crippen molar-refractivity contribution in [2.75, 3.05) is 0 Å². The molecular weight excluding hydrogens is 248 g/mol. The topological polar surface area (TPSA) is 54.3 Å². The molecule has 0 aliphatic carbocycles. The van der Waals surface area contributed by atoms with E-state index in [1.54, 1.807) is 17.6 Å². The average Bonchev–Trinajstić information content (AvgIpc) is 2.98. The lowest BCUT2D eigenvalue weighted by atomic mass is 10.2. The van der Waals surface area contributed by atoms with Crippen LogP contribution in [0.25, 0.3) is 0 Å². The van der Waals surface area contributed by atoms with Gasteiger partial charge in [0.25, 0.3) is 0 Å². The third-order valence-corrected chi connectivity index (χ3v) is 3.34. The maximum absolute atomic E-state index is 11.6. The Labute approximate surface area is 110 Å². The highest BCUT2D eigenvalue weighted by Gasteiger charge is 2.09. The van der Waals surface area contributed by atoms with E-state index in [9.17, 15) is 4.79 Å². The number of furan rings is 1. The highest BCUT2D eigenvalue weighted by Crippen LogP contribution is 2.07. The molecule has 0 saturated heterocycles. The third kappa shape index (κ3) is 3.92. The Morgan fingerprint density at radius 1 is 1.44 bits per heavy atom. The zero-order valence-electron chi connectivity index (χ0n) is 10.2. The van der Waals surface area contributed by atoms with Gasteiger partial charge in [0.1, 0.15) is 5.76 Å². The summed E-state index contributed by atoms with van der Waals surface area (Å²) in [5.41, 5.74) is 0. The second kappa shape index (κ2) is 6.26. The monoisotopic (exact) mass is 264 g/mol. The molecule has 5 heteroatoms. The molecule has 4 nitrogen and oxygen atoms in total. The number of carbonyl (C=O) groups excluding carboxylic acids is 1. The Hall–Kier alpha value is -1.75. The molecule has 0 saturated carbocycles. The molecule has 2 rings (SSSR count). The first-order valence-corrected chi connectivity index (χ1v) is 6.71. The van der Waals surface area contributed by atoms with Gasteiger partial charge in [-0.25, -0.2) is 4.79 Å². The molecule has 1 unspecified atom stereocenters. The van der Waals surface area contributed by atoms with Crippen LogP contribution in [0.15, 0.2) is 40.3 Å². The largest absolute Gasteiger partial charge is 0.469 e. The van der Waals surface area contributed by atoms with Crippen LogP contribution >= 0.6 is 11.3 Å². The van der Waals surface area contributed by atoms with Gasteiger partial charge in [0.05, 0.1) is 12.8 Å². The molecule has 2 aromatic heterocycles. The Bertz CT molecular complexity index is 465. The van der Waals surface area contributed by atoms with Crippen molar-refractivity contribution in [2.24, 2.45) is 0 Å². The van der Waals surface area contributed by atoms with Crippen LogP contribution in [0.3, 0.4) is 0 Å². The summed E-state index contributed by atoms with van der Waals surface area (Å²) >= 11 is 1.63. The molecule has 0 bridgehead atoms. The van der Waals surface area contributed by atoms with Gasteiger partial charge in [-0.3, -0.25) is 0 Å². The number of amides is 2. The summed E-state index contributed by atoms with van der Waals surface area (Å²) < 4.78 is 5.23. The number of thiophene rings is 1. The Morgan fingerprint density at radius 3 is 3.00 bits per heavy atom. The summed E-state index contributed by atoms with van der Waals surface area (Å²) in [7, 11) is 0. The molecule has 1 atom stereocenters. The number of nitrogens with one attached hydrogen (secondary N) is 2. The minimum absolute atomic E-state index is 0.0412. The van der Waals surface area contributed by atoms with Gasteiger partial charge in [-0.05, 0) is 30.5 Å². The van der Waals surface area contributed by atoms with Crippen LogP contribution in [-0.2, 0) is 13.0 Å². The van der Waals surface area contributed by atoms with Crippen LogP contribution in [0.1, 0.15) is 17.6 Å². The zero-order valence-corrected chi connectivity index (χ0v) is 11.0. The average molecular weight is 264 g/mol. The van der Waals surface area contributed by atoms with E-state index >= 15 is 0 Å². The fourth-order valence-corrected chi connectivity index (χ4v) is 2.28. The minimum atomic E-state index is -0.151. The standard InChI is InChI=1S/C13H16N2O2S/c1-10(8-11-4-2-6-17-11)15-13(16)14-9-12-5-3-7-18-12/h2-7,10H,8-9H2,1H3,(H2,14,15,16). The Morgan fingerprint density at radius 2 is 2.33 bits per heavy atom. The summed E-state index contributed by atoms with van der Waals surface area (Å²) in [4.78, 5) is 12.8. The summed E-state index contributed by atoms with van der Waals surface area (Å²) in [5.74, 6) is 0.876. The van der Waals surface area contributed by atoms with Crippen LogP contribution in [0.2, 0.25) is 0 Å². The van der Waals surface area contributed by atoms with Gasteiger partial charge in [0, 0.05) is 17.3 Å². The smallest absolute Gasteiger partial charge is 0.315 e. The zero-order chi connectivity index (χ0) is 12.8. The fourth-order valence-electron chi connectivity index (χ4n) is 1.64. The number of carbonyl (C=O) groups is 1. The van der Waals surface area contributed by atoms with E-state index in [1.807, 2.05) is 36.6 Å². The second-order valence-corrected chi connectivity index (χ2v) is 5.12. The van der Waals surface area contributed by atoms with Crippen molar-refractivity contribution in [3.63, 3.8) is 0 Å². The maximum Gasteiger partial charge on any atom is 0.315 e. The van der Waals surface area contributed by atoms with Gasteiger partial charge in [0.2, 0.25) is 0 Å². The molecular formula is C13H16N2O2S. The predicted octanol–water partition coefficient (Wildman–Crippen LogP) is 2.77. The molecule has 0 aliphatic heterocycles. The molecule has 2 amide bonds. The van der Waals surface area contributed by atoms with Crippen molar-refractivity contribution in [1.29, 1.82) is 0 Å². The maximum atomic E-state index is 11.6. The van der Waals surface area contributed by atoms with Gasteiger partial charge in [-0.2, -0.15) is 0 Å². The highest BCUT2D eigenvalue weighted by molar-refractivity contribution is 7.09. The molecule has 0 radical (unpaired) electrons. The van der Waals surface area contributed by atoms with Crippen LogP contribution in [0, 0.1) is 0 Å². The van der Waals surface area contributed by atoms with Gasteiger partial charge in [-0.1, -0.05) is 6.07 Å². The van der Waals surface area contributed by atoms with Crippen molar-refractivity contribution in [1.82, 2.24) is 10.6 Å². The van der Waals surface area contributed by atoms with Gasteiger partial charge < -0.3 is 15.1 Å². The van der Waals surface area contributed by atoms with Crippen molar-refractivity contribution >= 4 is 17.4 Å². The van der Waals surface area contributed by atoms with Crippen LogP contribution in [0.5, 0.6) is 0 Å². The molecule has 96 valence electrons. The van der Waals surface area contributed by atoms with Crippen molar-refractivity contribution in [2.45, 2.75) is 25.9 Å². The lowest BCUT2D eigenvalue weighted by Crippen LogP contribution is -2.41. The minimum Gasteiger partial charge on any atom is -0.469 e. The summed E-state index contributed by atoms with van der Waals surface area (Å²) in [6, 6.07) is 7.61. The molecule has 0 spiro atoms. The Kier molecular flexibility index (Phi) is 4.41. The fraction of sp³-hybridized carbons (Fsp3) is 0.308. The first-order chi connectivity index (χ1) is 8.74. The number of rotatable bonds is 5. The molecule has 2 aromatic rings. The third-order valence-electron chi connectivity index (χ3n) is 2.47. The van der Waals surface area contributed by atoms with Crippen molar-refractivity contribution in [3.05, 3.63) is 46.5 Å². The highest BCUT2D eigenvalue weighted by atomic mass is 32.1. The summed E-state index contributed by atoms with van der Waals surface area (Å²) in [6.07, 6.45) is 2.33. The van der Waals surface area contributed by atoms with Gasteiger partial charge in [-0.15, -0.1) is 11.3 Å². The summed E-state index contributed by atoms with van der Waals surface area (Å²) in [5, 5.41) is 7.69. The van der Waals surface area contributed by atoms with E-state index < -0.39 is 0 Å². The van der Waals surface area contributed by atoms with Crippen LogP contribution in [-0.4, -0.2) is 12.1 Å². The van der Waals surface area contributed by atoms with Gasteiger partial charge >= 0.3 is 6.03 Å². The first kappa shape index (κ1) is 12.7. The Balaban J connectivity index is 1.70. The molecule has 18 heavy (non-hydrogen) atoms. The predicted molar refractivity (Wildman–Crippen MR) is 71.6 cm³/mol. The number of hydrogen-bond donors (Lipinski definition) is 2. The van der Waals surface area contributed by atoms with E-state index in [2.05, 4.69) is 10.6 Å². The quantitative estimate of drug-likeness (QED) is 0.872. The SMILES string of the molecule is CC(Cc1ccco1)NC(=O)NCc1cccs1. The van der Waals surface area contributed by atoms with Crippen LogP contribution in [0.4, 0.5) is 4.79 Å². The van der Waals surface area contributed by atoms with E-state index in [4.69, 9.17) is 4.42 Å². The first-order valence-electron chi connectivity index (χ1n) is 5.83. The molecule has 2 heterocycles. The number of urea groups is 1. The number of hydrogen-bond acceptors (Lipinski definition) is 3. The van der Waals surface area contributed by atoms with Crippen molar-refractivity contribution in [3.8, 4) is 0 Å². The van der Waals surface area contributed by atoms with Crippen molar-refractivity contribution < 1.29 is 9.21 Å². The van der Waals surface area contributed by atoms with E-state index in [0.29, 0.717) is 13.0 Å².